The van der Waals surface area contributed by atoms with Crippen molar-refractivity contribution in [3.8, 4) is 0 Å². The van der Waals surface area contributed by atoms with Crippen LogP contribution in [-0.4, -0.2) is 39.4 Å². The first kappa shape index (κ1) is 19.8. The lowest BCUT2D eigenvalue weighted by molar-refractivity contribution is -0.136. The van der Waals surface area contributed by atoms with E-state index in [1.54, 1.807) is 43.4 Å². The summed E-state index contributed by atoms with van der Waals surface area (Å²) in [5.74, 6) is -0.0596. The number of benzene rings is 1. The molecule has 0 spiro atoms. The van der Waals surface area contributed by atoms with Crippen LogP contribution in [0.3, 0.4) is 0 Å². The van der Waals surface area contributed by atoms with Gasteiger partial charge < -0.3 is 10.2 Å². The Bertz CT molecular complexity index is 1040. The molecule has 0 fully saturated rings. The molecule has 1 N–H and O–H groups in total. The Labute approximate surface area is 166 Å². The minimum Gasteiger partial charge on any atom is -0.350 e. The van der Waals surface area contributed by atoms with Gasteiger partial charge in [-0.2, -0.15) is 0 Å². The normalized spacial score (nSPS) is 10.8. The van der Waals surface area contributed by atoms with Gasteiger partial charge in [0.25, 0.3) is 5.56 Å². The van der Waals surface area contributed by atoms with E-state index in [-0.39, 0.29) is 30.5 Å². The van der Waals surface area contributed by atoms with Crippen LogP contribution in [-0.2, 0) is 22.7 Å². The van der Waals surface area contributed by atoms with Crippen LogP contribution in [0.1, 0.15) is 17.6 Å². The van der Waals surface area contributed by atoms with Crippen LogP contribution >= 0.6 is 11.3 Å². The number of carbonyl (C=O) groups excluding carboxylic acids is 2. The van der Waals surface area contributed by atoms with Crippen LogP contribution in [0.2, 0.25) is 0 Å². The van der Waals surface area contributed by atoms with Crippen molar-refractivity contribution >= 4 is 34.1 Å². The number of aryl methyl sites for hydroxylation is 1. The van der Waals surface area contributed by atoms with Crippen molar-refractivity contribution in [3.63, 3.8) is 0 Å². The number of rotatable bonds is 7. The summed E-state index contributed by atoms with van der Waals surface area (Å²) in [4.78, 5) is 44.5. The van der Waals surface area contributed by atoms with E-state index in [2.05, 4.69) is 10.3 Å². The van der Waals surface area contributed by atoms with E-state index in [1.165, 1.54) is 9.47 Å². The molecular formula is C20H22N4O3S. The number of amides is 2. The Balaban J connectivity index is 1.69. The average Bonchev–Trinajstić information content (AvgIpc) is 3.21. The maximum Gasteiger partial charge on any atom is 0.261 e. The van der Waals surface area contributed by atoms with E-state index in [1.807, 2.05) is 23.6 Å². The van der Waals surface area contributed by atoms with Gasteiger partial charge in [-0.15, -0.1) is 11.3 Å². The van der Waals surface area contributed by atoms with Crippen molar-refractivity contribution in [2.75, 3.05) is 13.1 Å². The van der Waals surface area contributed by atoms with Crippen LogP contribution in [0, 0.1) is 6.92 Å². The Hall–Kier alpha value is -3.00. The van der Waals surface area contributed by atoms with Crippen molar-refractivity contribution in [2.24, 2.45) is 0 Å². The lowest BCUT2D eigenvalue weighted by atomic mass is 10.2. The molecule has 8 heteroatoms. The molecule has 0 aliphatic heterocycles. The zero-order chi connectivity index (χ0) is 20.1. The number of likely N-dealkylation sites (N-methyl/N-ethyl adjacent to an activating group) is 1. The number of fused-ring (bicyclic) bond motifs is 1. The van der Waals surface area contributed by atoms with Gasteiger partial charge in [0.15, 0.2) is 0 Å². The molecule has 0 aliphatic rings. The maximum absolute atomic E-state index is 12.7. The van der Waals surface area contributed by atoms with Gasteiger partial charge in [-0.05, 0) is 37.4 Å². The van der Waals surface area contributed by atoms with E-state index in [0.717, 1.165) is 4.88 Å². The van der Waals surface area contributed by atoms with Gasteiger partial charge in [0, 0.05) is 11.4 Å². The van der Waals surface area contributed by atoms with Crippen molar-refractivity contribution in [1.82, 2.24) is 19.8 Å². The first-order chi connectivity index (χ1) is 13.5. The molecule has 0 saturated heterocycles. The minimum absolute atomic E-state index is 0.0461. The Morgan fingerprint density at radius 3 is 2.71 bits per heavy atom. The molecule has 1 aromatic carbocycles. The third-order valence-corrected chi connectivity index (χ3v) is 5.33. The maximum atomic E-state index is 12.7. The molecule has 2 amide bonds. The molecule has 7 nitrogen and oxygen atoms in total. The summed E-state index contributed by atoms with van der Waals surface area (Å²) in [5.41, 5.74) is 0.351. The molecule has 0 atom stereocenters. The van der Waals surface area contributed by atoms with Gasteiger partial charge in [0.05, 0.1) is 24.0 Å². The highest BCUT2D eigenvalue weighted by Gasteiger charge is 2.18. The molecule has 0 aliphatic carbocycles. The summed E-state index contributed by atoms with van der Waals surface area (Å²) in [5, 5.41) is 5.23. The summed E-state index contributed by atoms with van der Waals surface area (Å²) >= 11 is 1.56. The van der Waals surface area contributed by atoms with Gasteiger partial charge in [-0.3, -0.25) is 19.0 Å². The van der Waals surface area contributed by atoms with Crippen LogP contribution in [0.4, 0.5) is 0 Å². The first-order valence-corrected chi connectivity index (χ1v) is 9.90. The Kier molecular flexibility index (Phi) is 6.20. The quantitative estimate of drug-likeness (QED) is 0.659. The fourth-order valence-electron chi connectivity index (χ4n) is 2.90. The zero-order valence-electron chi connectivity index (χ0n) is 15.8. The molecule has 3 aromatic rings. The van der Waals surface area contributed by atoms with Crippen molar-refractivity contribution in [2.45, 2.75) is 26.9 Å². The molecule has 0 radical (unpaired) electrons. The lowest BCUT2D eigenvalue weighted by Gasteiger charge is -2.21. The molecular weight excluding hydrogens is 376 g/mol. The van der Waals surface area contributed by atoms with E-state index < -0.39 is 0 Å². The van der Waals surface area contributed by atoms with Crippen molar-refractivity contribution in [3.05, 3.63) is 62.8 Å². The number of para-hydroxylation sites is 1. The minimum atomic E-state index is -0.295. The van der Waals surface area contributed by atoms with Crippen LogP contribution in [0.25, 0.3) is 10.9 Å². The van der Waals surface area contributed by atoms with Gasteiger partial charge in [0.2, 0.25) is 11.8 Å². The Morgan fingerprint density at radius 2 is 2.00 bits per heavy atom. The number of aromatic nitrogens is 2. The third-order valence-electron chi connectivity index (χ3n) is 4.45. The second-order valence-electron chi connectivity index (χ2n) is 6.33. The van der Waals surface area contributed by atoms with Gasteiger partial charge >= 0.3 is 0 Å². The predicted octanol–water partition coefficient (Wildman–Crippen LogP) is 1.93. The second kappa shape index (κ2) is 8.79. The number of nitrogens with zero attached hydrogens (tertiary/aromatic N) is 3. The molecule has 0 bridgehead atoms. The fraction of sp³-hybridized carbons (Fsp3) is 0.300. The summed E-state index contributed by atoms with van der Waals surface area (Å²) in [7, 11) is 0. The number of thiophene rings is 1. The van der Waals surface area contributed by atoms with E-state index >= 15 is 0 Å². The molecule has 0 unspecified atom stereocenters. The topological polar surface area (TPSA) is 84.3 Å². The number of carbonyl (C=O) groups is 2. The standard InChI is InChI=1S/C20H22N4O3S/c1-3-23(12-18(25)21-11-15-7-6-10-28-15)19(26)13-24-14(2)22-17-9-5-4-8-16(17)20(24)27/h4-10H,3,11-13H2,1-2H3,(H,21,25). The van der Waals surface area contributed by atoms with Crippen molar-refractivity contribution in [1.29, 1.82) is 0 Å². The number of nitrogens with one attached hydrogen (secondary N) is 1. The van der Waals surface area contributed by atoms with Gasteiger partial charge in [-0.25, -0.2) is 4.98 Å². The van der Waals surface area contributed by atoms with Crippen LogP contribution in [0.5, 0.6) is 0 Å². The van der Waals surface area contributed by atoms with E-state index in [0.29, 0.717) is 29.8 Å². The average molecular weight is 398 g/mol. The molecule has 3 rings (SSSR count). The fourth-order valence-corrected chi connectivity index (χ4v) is 3.55. The summed E-state index contributed by atoms with van der Waals surface area (Å²) in [6, 6.07) is 10.9. The number of hydrogen-bond acceptors (Lipinski definition) is 5. The summed E-state index contributed by atoms with van der Waals surface area (Å²) < 4.78 is 1.36. The molecule has 28 heavy (non-hydrogen) atoms. The third kappa shape index (κ3) is 4.45. The molecule has 2 aromatic heterocycles. The molecule has 146 valence electrons. The first-order valence-electron chi connectivity index (χ1n) is 9.02. The summed E-state index contributed by atoms with van der Waals surface area (Å²) in [6.07, 6.45) is 0. The largest absolute Gasteiger partial charge is 0.350 e. The Morgan fingerprint density at radius 1 is 1.21 bits per heavy atom. The van der Waals surface area contributed by atoms with Crippen LogP contribution < -0.4 is 10.9 Å². The highest BCUT2D eigenvalue weighted by atomic mass is 32.1. The van der Waals surface area contributed by atoms with Crippen LogP contribution in [0.15, 0.2) is 46.6 Å². The zero-order valence-corrected chi connectivity index (χ0v) is 16.7. The SMILES string of the molecule is CCN(CC(=O)NCc1cccs1)C(=O)Cn1c(C)nc2ccccc2c1=O. The monoisotopic (exact) mass is 398 g/mol. The number of hydrogen-bond donors (Lipinski definition) is 1. The highest BCUT2D eigenvalue weighted by Crippen LogP contribution is 2.08. The highest BCUT2D eigenvalue weighted by molar-refractivity contribution is 7.09. The second-order valence-corrected chi connectivity index (χ2v) is 7.36. The van der Waals surface area contributed by atoms with Crippen molar-refractivity contribution < 1.29 is 9.59 Å². The molecule has 0 saturated carbocycles. The van der Waals surface area contributed by atoms with E-state index in [4.69, 9.17) is 0 Å². The lowest BCUT2D eigenvalue weighted by Crippen LogP contribution is -2.43. The van der Waals surface area contributed by atoms with E-state index in [9.17, 15) is 14.4 Å². The predicted molar refractivity (Wildman–Crippen MR) is 109 cm³/mol. The summed E-state index contributed by atoms with van der Waals surface area (Å²) in [6.45, 7) is 4.13. The van der Waals surface area contributed by atoms with Gasteiger partial charge in [0.1, 0.15) is 12.4 Å². The molecule has 2 heterocycles. The smallest absolute Gasteiger partial charge is 0.261 e. The van der Waals surface area contributed by atoms with Gasteiger partial charge in [-0.1, -0.05) is 18.2 Å².